The third-order valence-electron chi connectivity index (χ3n) is 4.30. The molecule has 134 valence electrons. The van der Waals surface area contributed by atoms with E-state index >= 15 is 0 Å². The number of hydrogen-bond acceptors (Lipinski definition) is 4. The van der Waals surface area contributed by atoms with Gasteiger partial charge in [-0.25, -0.2) is 4.98 Å². The predicted octanol–water partition coefficient (Wildman–Crippen LogP) is 0.921. The van der Waals surface area contributed by atoms with Gasteiger partial charge in [0, 0.05) is 16.5 Å². The maximum absolute atomic E-state index is 11.8. The number of carbonyl (C=O) groups is 1. The largest absolute Gasteiger partial charge is 1.00 e. The van der Waals surface area contributed by atoms with Crippen LogP contribution in [0.5, 0.6) is 5.75 Å². The molecule has 0 saturated carbocycles. The fraction of sp³-hybridized carbons (Fsp3) is 0.273. The SMILES string of the molecule is Cc1ccc2nc(-c3ccc(OCC(C)C)cc3)c(C)c(C(=O)[O-])c2c1.[K+]. The van der Waals surface area contributed by atoms with Gasteiger partial charge >= 0.3 is 51.4 Å². The van der Waals surface area contributed by atoms with E-state index < -0.39 is 5.97 Å². The third-order valence-corrected chi connectivity index (χ3v) is 4.30. The Morgan fingerprint density at radius 2 is 1.78 bits per heavy atom. The van der Waals surface area contributed by atoms with Crippen molar-refractivity contribution in [2.45, 2.75) is 27.7 Å². The monoisotopic (exact) mass is 387 g/mol. The molecule has 0 atom stereocenters. The van der Waals surface area contributed by atoms with Crippen LogP contribution in [0.3, 0.4) is 0 Å². The van der Waals surface area contributed by atoms with E-state index in [2.05, 4.69) is 13.8 Å². The van der Waals surface area contributed by atoms with Crippen LogP contribution in [0.15, 0.2) is 42.5 Å². The smallest absolute Gasteiger partial charge is 0.545 e. The molecule has 5 heteroatoms. The van der Waals surface area contributed by atoms with Crippen molar-refractivity contribution in [3.63, 3.8) is 0 Å². The molecule has 2 aromatic carbocycles. The number of nitrogens with zero attached hydrogens (tertiary/aromatic N) is 1. The second kappa shape index (κ2) is 9.30. The van der Waals surface area contributed by atoms with Crippen molar-refractivity contribution in [1.82, 2.24) is 4.98 Å². The third kappa shape index (κ3) is 4.98. The number of ether oxygens (including phenoxy) is 1. The van der Waals surface area contributed by atoms with E-state index in [-0.39, 0.29) is 56.9 Å². The van der Waals surface area contributed by atoms with Gasteiger partial charge in [0.15, 0.2) is 0 Å². The van der Waals surface area contributed by atoms with Gasteiger partial charge in [0.25, 0.3) is 0 Å². The summed E-state index contributed by atoms with van der Waals surface area (Å²) in [7, 11) is 0. The number of aromatic nitrogens is 1. The minimum absolute atomic E-state index is 0. The van der Waals surface area contributed by atoms with Crippen molar-refractivity contribution in [3.8, 4) is 17.0 Å². The van der Waals surface area contributed by atoms with E-state index in [1.54, 1.807) is 6.92 Å². The standard InChI is InChI=1S/C22H23NO3.K/c1-13(2)12-26-17-8-6-16(7-9-17)21-15(4)20(22(24)25)18-11-14(3)5-10-19(18)23-21;/h5-11,13H,12H2,1-4H3,(H,24,25);/q;+1/p-1. The molecule has 0 amide bonds. The van der Waals surface area contributed by atoms with Gasteiger partial charge in [0.05, 0.1) is 23.8 Å². The zero-order valence-electron chi connectivity index (χ0n) is 16.5. The summed E-state index contributed by atoms with van der Waals surface area (Å²) in [6.45, 7) is 8.55. The maximum Gasteiger partial charge on any atom is 1.00 e. The van der Waals surface area contributed by atoms with Crippen molar-refractivity contribution >= 4 is 16.9 Å². The molecule has 27 heavy (non-hydrogen) atoms. The second-order valence-corrected chi connectivity index (χ2v) is 7.00. The molecule has 1 heterocycles. The Kier molecular flexibility index (Phi) is 7.60. The van der Waals surface area contributed by atoms with E-state index in [0.717, 1.165) is 16.9 Å². The summed E-state index contributed by atoms with van der Waals surface area (Å²) >= 11 is 0. The fourth-order valence-electron chi connectivity index (χ4n) is 2.99. The first-order chi connectivity index (χ1) is 12.4. The Labute approximate surface area is 202 Å². The molecule has 4 nitrogen and oxygen atoms in total. The molecule has 1 aromatic heterocycles. The van der Waals surface area contributed by atoms with Crippen LogP contribution in [0.2, 0.25) is 0 Å². The van der Waals surface area contributed by atoms with Gasteiger partial charge in [-0.15, -0.1) is 0 Å². The molecule has 0 saturated heterocycles. The molecule has 3 aromatic rings. The Bertz CT molecular complexity index is 965. The first-order valence-corrected chi connectivity index (χ1v) is 8.72. The number of pyridine rings is 1. The number of aromatic carboxylic acids is 1. The van der Waals surface area contributed by atoms with Gasteiger partial charge in [-0.1, -0.05) is 25.5 Å². The Morgan fingerprint density at radius 3 is 2.37 bits per heavy atom. The van der Waals surface area contributed by atoms with Crippen LogP contribution in [0.4, 0.5) is 0 Å². The normalized spacial score (nSPS) is 10.7. The summed E-state index contributed by atoms with van der Waals surface area (Å²) in [5.41, 5.74) is 3.95. The average molecular weight is 388 g/mol. The number of hydrogen-bond donors (Lipinski definition) is 0. The van der Waals surface area contributed by atoms with E-state index in [0.29, 0.717) is 34.7 Å². The van der Waals surface area contributed by atoms with Crippen LogP contribution >= 0.6 is 0 Å². The van der Waals surface area contributed by atoms with Crippen LogP contribution < -0.4 is 61.2 Å². The Hall–Kier alpha value is -1.24. The molecule has 0 aliphatic carbocycles. The number of carbonyl (C=O) groups excluding carboxylic acids is 1. The molecule has 0 fully saturated rings. The summed E-state index contributed by atoms with van der Waals surface area (Å²) in [5.74, 6) is 0.0587. The van der Waals surface area contributed by atoms with Crippen molar-refractivity contribution in [2.24, 2.45) is 5.92 Å². The zero-order valence-corrected chi connectivity index (χ0v) is 19.6. The van der Waals surface area contributed by atoms with Crippen LogP contribution in [-0.2, 0) is 0 Å². The zero-order chi connectivity index (χ0) is 18.8. The van der Waals surface area contributed by atoms with E-state index in [1.807, 2.05) is 49.4 Å². The van der Waals surface area contributed by atoms with Crippen LogP contribution in [0.1, 0.15) is 35.3 Å². The van der Waals surface area contributed by atoms with E-state index in [1.165, 1.54) is 0 Å². The summed E-state index contributed by atoms with van der Waals surface area (Å²) in [5, 5.41) is 12.4. The van der Waals surface area contributed by atoms with Gasteiger partial charge in [0.1, 0.15) is 5.75 Å². The quantitative estimate of drug-likeness (QED) is 0.611. The number of carboxylic acid groups (broad SMARTS) is 1. The second-order valence-electron chi connectivity index (χ2n) is 7.00. The first kappa shape index (κ1) is 22.0. The average Bonchev–Trinajstić information content (AvgIpc) is 2.59. The minimum Gasteiger partial charge on any atom is -0.545 e. The summed E-state index contributed by atoms with van der Waals surface area (Å²) in [4.78, 5) is 16.5. The van der Waals surface area contributed by atoms with Crippen LogP contribution in [0.25, 0.3) is 22.2 Å². The molecule has 0 radical (unpaired) electrons. The van der Waals surface area contributed by atoms with Gasteiger partial charge < -0.3 is 14.6 Å². The van der Waals surface area contributed by atoms with Crippen molar-refractivity contribution in [1.29, 1.82) is 0 Å². The molecule has 0 aliphatic rings. The summed E-state index contributed by atoms with van der Waals surface area (Å²) in [6, 6.07) is 13.2. The van der Waals surface area contributed by atoms with Gasteiger partial charge in [-0.2, -0.15) is 0 Å². The molecular formula is C22H22KNO3. The van der Waals surface area contributed by atoms with Gasteiger partial charge in [-0.3, -0.25) is 0 Å². The Balaban J connectivity index is 0.00000261. The van der Waals surface area contributed by atoms with Crippen LogP contribution in [-0.4, -0.2) is 17.6 Å². The van der Waals surface area contributed by atoms with Crippen molar-refractivity contribution in [3.05, 3.63) is 59.2 Å². The predicted molar refractivity (Wildman–Crippen MR) is 101 cm³/mol. The molecule has 3 rings (SSSR count). The molecule has 0 N–H and O–H groups in total. The molecule has 0 bridgehead atoms. The molecule has 0 spiro atoms. The summed E-state index contributed by atoms with van der Waals surface area (Å²) in [6.07, 6.45) is 0. The molecular weight excluding hydrogens is 365 g/mol. The Morgan fingerprint density at radius 1 is 1.11 bits per heavy atom. The first-order valence-electron chi connectivity index (χ1n) is 8.72. The number of rotatable bonds is 5. The molecule has 0 aliphatic heterocycles. The fourth-order valence-corrected chi connectivity index (χ4v) is 2.99. The topological polar surface area (TPSA) is 62.2 Å². The van der Waals surface area contributed by atoms with E-state index in [4.69, 9.17) is 9.72 Å². The number of benzene rings is 2. The van der Waals surface area contributed by atoms with Gasteiger partial charge in [-0.05, 0) is 61.7 Å². The minimum atomic E-state index is -1.18. The van der Waals surface area contributed by atoms with Crippen molar-refractivity contribution < 1.29 is 66.0 Å². The summed E-state index contributed by atoms with van der Waals surface area (Å²) < 4.78 is 5.71. The van der Waals surface area contributed by atoms with Gasteiger partial charge in [0.2, 0.25) is 0 Å². The number of carboxylic acids is 1. The maximum atomic E-state index is 11.8. The number of fused-ring (bicyclic) bond motifs is 1. The molecule has 0 unspecified atom stereocenters. The van der Waals surface area contributed by atoms with E-state index in [9.17, 15) is 9.90 Å². The van der Waals surface area contributed by atoms with Crippen molar-refractivity contribution in [2.75, 3.05) is 6.61 Å². The van der Waals surface area contributed by atoms with Crippen LogP contribution in [0, 0.1) is 19.8 Å². The number of aryl methyl sites for hydroxylation is 1.